The number of nitrogens with zero attached hydrogens (tertiary/aromatic N) is 5. The van der Waals surface area contributed by atoms with Crippen molar-refractivity contribution < 1.29 is 8.42 Å². The Morgan fingerprint density at radius 1 is 1.35 bits per heavy atom. The highest BCUT2D eigenvalue weighted by Gasteiger charge is 2.09. The Bertz CT molecular complexity index is 671. The summed E-state index contributed by atoms with van der Waals surface area (Å²) in [7, 11) is -1.28. The van der Waals surface area contributed by atoms with Crippen LogP contribution in [0.5, 0.6) is 0 Å². The fraction of sp³-hybridized carbons (Fsp3) is 0.400. The molecule has 10 heteroatoms. The van der Waals surface area contributed by atoms with Crippen LogP contribution >= 0.6 is 11.8 Å². The molecule has 0 saturated heterocycles. The molecule has 0 aliphatic rings. The van der Waals surface area contributed by atoms with Gasteiger partial charge in [0.05, 0.1) is 5.75 Å². The van der Waals surface area contributed by atoms with E-state index in [2.05, 4.69) is 25.3 Å². The SMILES string of the molecule is CNc1nc(SCCS(C)(=O)=O)nc(-n2ccnc2)n1. The molecular formula is C10H14N6O2S2. The van der Waals surface area contributed by atoms with Crippen LogP contribution in [-0.4, -0.2) is 57.7 Å². The van der Waals surface area contributed by atoms with Crippen LogP contribution in [0.3, 0.4) is 0 Å². The summed E-state index contributed by atoms with van der Waals surface area (Å²) in [5.41, 5.74) is 0. The fourth-order valence-corrected chi connectivity index (χ4v) is 3.32. The molecule has 0 amide bonds. The smallest absolute Gasteiger partial charge is 0.240 e. The predicted molar refractivity (Wildman–Crippen MR) is 76.9 cm³/mol. The number of aromatic nitrogens is 5. The van der Waals surface area contributed by atoms with Crippen LogP contribution in [0.4, 0.5) is 5.95 Å². The number of rotatable bonds is 6. The molecule has 0 spiro atoms. The molecule has 108 valence electrons. The van der Waals surface area contributed by atoms with E-state index in [1.807, 2.05) is 0 Å². The Balaban J connectivity index is 2.18. The number of hydrogen-bond acceptors (Lipinski definition) is 8. The summed E-state index contributed by atoms with van der Waals surface area (Å²) in [4.78, 5) is 16.6. The first-order valence-electron chi connectivity index (χ1n) is 5.70. The van der Waals surface area contributed by atoms with Gasteiger partial charge in [0.25, 0.3) is 0 Å². The van der Waals surface area contributed by atoms with Crippen molar-refractivity contribution in [1.82, 2.24) is 24.5 Å². The van der Waals surface area contributed by atoms with Crippen LogP contribution < -0.4 is 5.32 Å². The van der Waals surface area contributed by atoms with Crippen molar-refractivity contribution in [2.45, 2.75) is 5.16 Å². The van der Waals surface area contributed by atoms with Gasteiger partial charge in [-0.2, -0.15) is 15.0 Å². The second kappa shape index (κ2) is 6.18. The van der Waals surface area contributed by atoms with Gasteiger partial charge in [-0.05, 0) is 0 Å². The quantitative estimate of drug-likeness (QED) is 0.756. The van der Waals surface area contributed by atoms with E-state index in [9.17, 15) is 8.42 Å². The highest BCUT2D eigenvalue weighted by atomic mass is 32.2. The Morgan fingerprint density at radius 3 is 2.75 bits per heavy atom. The van der Waals surface area contributed by atoms with Gasteiger partial charge in [0.2, 0.25) is 11.9 Å². The third kappa shape index (κ3) is 4.17. The number of imidazole rings is 1. The maximum atomic E-state index is 11.1. The molecule has 0 aliphatic carbocycles. The third-order valence-electron chi connectivity index (χ3n) is 2.25. The summed E-state index contributed by atoms with van der Waals surface area (Å²) in [6.45, 7) is 0. The molecule has 0 bridgehead atoms. The summed E-state index contributed by atoms with van der Waals surface area (Å²) in [5.74, 6) is 1.34. The summed E-state index contributed by atoms with van der Waals surface area (Å²) < 4.78 is 23.9. The second-order valence-electron chi connectivity index (χ2n) is 3.94. The minimum Gasteiger partial charge on any atom is -0.357 e. The molecule has 2 aromatic rings. The van der Waals surface area contributed by atoms with E-state index in [4.69, 9.17) is 0 Å². The van der Waals surface area contributed by atoms with Crippen molar-refractivity contribution >= 4 is 27.5 Å². The molecule has 0 aliphatic heterocycles. The lowest BCUT2D eigenvalue weighted by Crippen LogP contribution is -2.08. The molecular weight excluding hydrogens is 300 g/mol. The van der Waals surface area contributed by atoms with Gasteiger partial charge in [-0.15, -0.1) is 0 Å². The van der Waals surface area contributed by atoms with Crippen molar-refractivity contribution in [3.05, 3.63) is 18.7 Å². The van der Waals surface area contributed by atoms with Gasteiger partial charge in [-0.3, -0.25) is 4.57 Å². The number of nitrogens with one attached hydrogen (secondary N) is 1. The van der Waals surface area contributed by atoms with Crippen molar-refractivity contribution in [2.75, 3.05) is 30.1 Å². The minimum absolute atomic E-state index is 0.0820. The molecule has 0 aromatic carbocycles. The predicted octanol–water partition coefficient (Wildman–Crippen LogP) is 0.236. The molecule has 0 atom stereocenters. The summed E-state index contributed by atoms with van der Waals surface area (Å²) in [6, 6.07) is 0. The van der Waals surface area contributed by atoms with E-state index in [0.717, 1.165) is 0 Å². The molecule has 2 heterocycles. The summed E-state index contributed by atoms with van der Waals surface area (Å²) in [5, 5.41) is 3.32. The monoisotopic (exact) mass is 314 g/mol. The molecule has 0 fully saturated rings. The summed E-state index contributed by atoms with van der Waals surface area (Å²) in [6.07, 6.45) is 6.13. The Morgan fingerprint density at radius 2 is 2.15 bits per heavy atom. The maximum absolute atomic E-state index is 11.1. The molecule has 1 N–H and O–H groups in total. The largest absolute Gasteiger partial charge is 0.357 e. The van der Waals surface area contributed by atoms with Gasteiger partial charge in [-0.1, -0.05) is 11.8 Å². The van der Waals surface area contributed by atoms with Crippen LogP contribution in [0.2, 0.25) is 0 Å². The number of hydrogen-bond donors (Lipinski definition) is 1. The van der Waals surface area contributed by atoms with E-state index in [0.29, 0.717) is 22.8 Å². The Kier molecular flexibility index (Phi) is 4.55. The lowest BCUT2D eigenvalue weighted by atomic mass is 10.8. The van der Waals surface area contributed by atoms with Gasteiger partial charge in [-0.25, -0.2) is 13.4 Å². The zero-order valence-corrected chi connectivity index (χ0v) is 12.6. The van der Waals surface area contributed by atoms with E-state index in [1.54, 1.807) is 30.3 Å². The highest BCUT2D eigenvalue weighted by molar-refractivity contribution is 8.00. The standard InChI is InChI=1S/C10H14N6O2S2/c1-11-8-13-9(16-4-3-12-7-16)15-10(14-8)19-5-6-20(2,17)18/h3-4,7H,5-6H2,1-2H3,(H,11,13,14,15). The number of thioether (sulfide) groups is 1. The molecule has 8 nitrogen and oxygen atoms in total. The zero-order valence-electron chi connectivity index (χ0n) is 11.0. The van der Waals surface area contributed by atoms with E-state index in [1.165, 1.54) is 18.0 Å². The second-order valence-corrected chi connectivity index (χ2v) is 7.26. The van der Waals surface area contributed by atoms with Gasteiger partial charge < -0.3 is 5.32 Å². The minimum atomic E-state index is -2.99. The van der Waals surface area contributed by atoms with Crippen molar-refractivity contribution in [3.8, 4) is 5.95 Å². The first kappa shape index (κ1) is 14.7. The fourth-order valence-electron chi connectivity index (χ4n) is 1.30. The lowest BCUT2D eigenvalue weighted by Gasteiger charge is -2.06. The average molecular weight is 314 g/mol. The lowest BCUT2D eigenvalue weighted by molar-refractivity contribution is 0.603. The van der Waals surface area contributed by atoms with Crippen LogP contribution in [0.25, 0.3) is 5.95 Å². The van der Waals surface area contributed by atoms with Gasteiger partial charge in [0, 0.05) is 31.4 Å². The van der Waals surface area contributed by atoms with Crippen LogP contribution in [0.15, 0.2) is 23.9 Å². The van der Waals surface area contributed by atoms with Crippen molar-refractivity contribution in [3.63, 3.8) is 0 Å². The van der Waals surface area contributed by atoms with E-state index >= 15 is 0 Å². The number of sulfone groups is 1. The zero-order chi connectivity index (χ0) is 14.6. The van der Waals surface area contributed by atoms with E-state index in [-0.39, 0.29) is 5.75 Å². The van der Waals surface area contributed by atoms with Crippen LogP contribution in [-0.2, 0) is 9.84 Å². The van der Waals surface area contributed by atoms with Gasteiger partial charge in [0.15, 0.2) is 5.16 Å². The molecule has 20 heavy (non-hydrogen) atoms. The van der Waals surface area contributed by atoms with Crippen LogP contribution in [0.1, 0.15) is 0 Å². The molecule has 0 saturated carbocycles. The first-order chi connectivity index (χ1) is 9.48. The van der Waals surface area contributed by atoms with Crippen LogP contribution in [0, 0.1) is 0 Å². The molecule has 0 unspecified atom stereocenters. The summed E-state index contributed by atoms with van der Waals surface area (Å²) >= 11 is 1.27. The molecule has 2 aromatic heterocycles. The van der Waals surface area contributed by atoms with E-state index < -0.39 is 9.84 Å². The first-order valence-corrected chi connectivity index (χ1v) is 8.75. The molecule has 0 radical (unpaired) electrons. The number of anilines is 1. The highest BCUT2D eigenvalue weighted by Crippen LogP contribution is 2.16. The maximum Gasteiger partial charge on any atom is 0.240 e. The molecule has 2 rings (SSSR count). The Labute approximate surface area is 121 Å². The normalized spacial score (nSPS) is 11.5. The average Bonchev–Trinajstić information content (AvgIpc) is 2.90. The van der Waals surface area contributed by atoms with Crippen molar-refractivity contribution in [1.29, 1.82) is 0 Å². The topological polar surface area (TPSA) is 103 Å². The third-order valence-corrected chi connectivity index (χ3v) is 4.30. The van der Waals surface area contributed by atoms with Gasteiger partial charge >= 0.3 is 0 Å². The van der Waals surface area contributed by atoms with Crippen molar-refractivity contribution in [2.24, 2.45) is 0 Å². The van der Waals surface area contributed by atoms with Gasteiger partial charge in [0.1, 0.15) is 16.2 Å². The Hall–Kier alpha value is -1.68.